The monoisotopic (exact) mass is 380 g/mol. The average molecular weight is 381 g/mol. The summed E-state index contributed by atoms with van der Waals surface area (Å²) in [6.07, 6.45) is 1.03. The SMILES string of the molecule is Cc1cc(C)c(NC(=O)CNC(=O)CCc2ccc(C(C)(C)C)cc2)c(C)c1. The molecule has 0 saturated heterocycles. The number of anilines is 1. The lowest BCUT2D eigenvalue weighted by Gasteiger charge is -2.19. The molecule has 0 fully saturated rings. The minimum Gasteiger partial charge on any atom is -0.347 e. The first-order valence-corrected chi connectivity index (χ1v) is 9.80. The van der Waals surface area contributed by atoms with Crippen LogP contribution >= 0.6 is 0 Å². The number of rotatable bonds is 6. The molecule has 4 nitrogen and oxygen atoms in total. The van der Waals surface area contributed by atoms with Crippen LogP contribution < -0.4 is 10.6 Å². The Morgan fingerprint density at radius 1 is 0.893 bits per heavy atom. The fourth-order valence-corrected chi connectivity index (χ4v) is 3.26. The second kappa shape index (κ2) is 9.05. The van der Waals surface area contributed by atoms with Gasteiger partial charge in [0.05, 0.1) is 6.54 Å². The molecule has 0 spiro atoms. The van der Waals surface area contributed by atoms with Crippen LogP contribution in [0, 0.1) is 20.8 Å². The average Bonchev–Trinajstić information content (AvgIpc) is 2.60. The van der Waals surface area contributed by atoms with E-state index in [0.29, 0.717) is 12.8 Å². The van der Waals surface area contributed by atoms with Gasteiger partial charge in [-0.25, -0.2) is 0 Å². The molecule has 0 radical (unpaired) electrons. The highest BCUT2D eigenvalue weighted by molar-refractivity contribution is 5.95. The second-order valence-corrected chi connectivity index (χ2v) is 8.55. The molecule has 0 atom stereocenters. The Kier molecular flexibility index (Phi) is 7.00. The zero-order valence-corrected chi connectivity index (χ0v) is 17.9. The van der Waals surface area contributed by atoms with E-state index >= 15 is 0 Å². The van der Waals surface area contributed by atoms with Crippen molar-refractivity contribution in [2.45, 2.75) is 59.8 Å². The van der Waals surface area contributed by atoms with E-state index in [9.17, 15) is 9.59 Å². The number of nitrogens with one attached hydrogen (secondary N) is 2. The van der Waals surface area contributed by atoms with Crippen LogP contribution in [-0.4, -0.2) is 18.4 Å². The molecule has 0 unspecified atom stereocenters. The molecular weight excluding hydrogens is 348 g/mol. The van der Waals surface area contributed by atoms with Crippen LogP contribution in [-0.2, 0) is 21.4 Å². The van der Waals surface area contributed by atoms with Gasteiger partial charge in [-0.05, 0) is 54.9 Å². The Morgan fingerprint density at radius 3 is 2.00 bits per heavy atom. The van der Waals surface area contributed by atoms with E-state index in [0.717, 1.165) is 27.9 Å². The van der Waals surface area contributed by atoms with Gasteiger partial charge in [-0.15, -0.1) is 0 Å². The van der Waals surface area contributed by atoms with Gasteiger partial charge in [0.15, 0.2) is 0 Å². The molecule has 0 aliphatic rings. The van der Waals surface area contributed by atoms with Crippen molar-refractivity contribution < 1.29 is 9.59 Å². The maximum Gasteiger partial charge on any atom is 0.243 e. The lowest BCUT2D eigenvalue weighted by atomic mass is 9.86. The molecule has 150 valence electrons. The van der Waals surface area contributed by atoms with Crippen molar-refractivity contribution in [1.29, 1.82) is 0 Å². The maximum absolute atomic E-state index is 12.2. The third-order valence-corrected chi connectivity index (χ3v) is 4.85. The molecule has 0 saturated carbocycles. The van der Waals surface area contributed by atoms with E-state index in [2.05, 4.69) is 55.7 Å². The molecule has 0 aromatic heterocycles. The Hall–Kier alpha value is -2.62. The molecule has 2 amide bonds. The summed E-state index contributed by atoms with van der Waals surface area (Å²) in [5.74, 6) is -0.328. The van der Waals surface area contributed by atoms with Crippen molar-refractivity contribution in [3.05, 3.63) is 64.2 Å². The largest absolute Gasteiger partial charge is 0.347 e. The van der Waals surface area contributed by atoms with Gasteiger partial charge in [0.1, 0.15) is 0 Å². The highest BCUT2D eigenvalue weighted by atomic mass is 16.2. The first-order valence-electron chi connectivity index (χ1n) is 9.80. The molecule has 0 aliphatic carbocycles. The Morgan fingerprint density at radius 2 is 1.46 bits per heavy atom. The van der Waals surface area contributed by atoms with Crippen molar-refractivity contribution in [3.8, 4) is 0 Å². The van der Waals surface area contributed by atoms with Crippen molar-refractivity contribution in [1.82, 2.24) is 5.32 Å². The number of hydrogen-bond donors (Lipinski definition) is 2. The van der Waals surface area contributed by atoms with Gasteiger partial charge in [0.2, 0.25) is 11.8 Å². The van der Waals surface area contributed by atoms with Gasteiger partial charge in [-0.1, -0.05) is 62.7 Å². The normalized spacial score (nSPS) is 11.2. The van der Waals surface area contributed by atoms with Crippen molar-refractivity contribution in [3.63, 3.8) is 0 Å². The van der Waals surface area contributed by atoms with Gasteiger partial charge in [0.25, 0.3) is 0 Å². The van der Waals surface area contributed by atoms with E-state index in [4.69, 9.17) is 0 Å². The standard InChI is InChI=1S/C24H32N2O2/c1-16-13-17(2)23(18(3)14-16)26-22(28)15-25-21(27)12-9-19-7-10-20(11-8-19)24(4,5)6/h7-8,10-11,13-14H,9,12,15H2,1-6H3,(H,25,27)(H,26,28). The van der Waals surface area contributed by atoms with E-state index in [1.807, 2.05) is 32.9 Å². The first kappa shape index (κ1) is 21.7. The molecule has 0 bridgehead atoms. The van der Waals surface area contributed by atoms with Crippen LogP contribution in [0.5, 0.6) is 0 Å². The van der Waals surface area contributed by atoms with Crippen LogP contribution in [0.2, 0.25) is 0 Å². The predicted octanol–water partition coefficient (Wildman–Crippen LogP) is 4.60. The number of hydrogen-bond acceptors (Lipinski definition) is 2. The third-order valence-electron chi connectivity index (χ3n) is 4.85. The number of carbonyl (C=O) groups excluding carboxylic acids is 2. The topological polar surface area (TPSA) is 58.2 Å². The van der Waals surface area contributed by atoms with Crippen LogP contribution in [0.15, 0.2) is 36.4 Å². The summed E-state index contributed by atoms with van der Waals surface area (Å²) in [6, 6.07) is 12.4. The summed E-state index contributed by atoms with van der Waals surface area (Å²) >= 11 is 0. The molecule has 28 heavy (non-hydrogen) atoms. The van der Waals surface area contributed by atoms with Crippen molar-refractivity contribution in [2.75, 3.05) is 11.9 Å². The summed E-state index contributed by atoms with van der Waals surface area (Å²) in [5, 5.41) is 5.61. The zero-order chi connectivity index (χ0) is 20.9. The quantitative estimate of drug-likeness (QED) is 0.770. The number of aryl methyl sites for hydroxylation is 4. The fraction of sp³-hybridized carbons (Fsp3) is 0.417. The van der Waals surface area contributed by atoms with Gasteiger partial charge >= 0.3 is 0 Å². The molecule has 4 heteroatoms. The van der Waals surface area contributed by atoms with Crippen LogP contribution in [0.25, 0.3) is 0 Å². The van der Waals surface area contributed by atoms with Crippen LogP contribution in [0.4, 0.5) is 5.69 Å². The van der Waals surface area contributed by atoms with Gasteiger partial charge in [-0.3, -0.25) is 9.59 Å². The van der Waals surface area contributed by atoms with E-state index in [1.165, 1.54) is 5.56 Å². The number of benzene rings is 2. The highest BCUT2D eigenvalue weighted by Crippen LogP contribution is 2.23. The second-order valence-electron chi connectivity index (χ2n) is 8.55. The van der Waals surface area contributed by atoms with E-state index in [-0.39, 0.29) is 23.8 Å². The van der Waals surface area contributed by atoms with E-state index < -0.39 is 0 Å². The number of amides is 2. The summed E-state index contributed by atoms with van der Waals surface area (Å²) in [7, 11) is 0. The lowest BCUT2D eigenvalue weighted by molar-refractivity contribution is -0.124. The minimum atomic E-state index is -0.210. The third kappa shape index (κ3) is 6.22. The summed E-state index contributed by atoms with van der Waals surface area (Å²) < 4.78 is 0. The number of carbonyl (C=O) groups is 2. The molecule has 0 heterocycles. The van der Waals surface area contributed by atoms with E-state index in [1.54, 1.807) is 0 Å². The van der Waals surface area contributed by atoms with Crippen molar-refractivity contribution in [2.24, 2.45) is 0 Å². The summed E-state index contributed by atoms with van der Waals surface area (Å²) in [4.78, 5) is 24.3. The Balaban J connectivity index is 1.80. The Labute approximate surface area is 168 Å². The van der Waals surface area contributed by atoms with Crippen molar-refractivity contribution >= 4 is 17.5 Å². The molecule has 2 aromatic rings. The van der Waals surface area contributed by atoms with Gasteiger partial charge in [0, 0.05) is 12.1 Å². The minimum absolute atomic E-state index is 0.0193. The highest BCUT2D eigenvalue weighted by Gasteiger charge is 2.13. The molecule has 2 rings (SSSR count). The smallest absolute Gasteiger partial charge is 0.243 e. The zero-order valence-electron chi connectivity index (χ0n) is 17.9. The molecule has 0 aliphatic heterocycles. The van der Waals surface area contributed by atoms with Crippen LogP contribution in [0.1, 0.15) is 55.0 Å². The van der Waals surface area contributed by atoms with Gasteiger partial charge < -0.3 is 10.6 Å². The summed E-state index contributed by atoms with van der Waals surface area (Å²) in [5.41, 5.74) is 6.56. The lowest BCUT2D eigenvalue weighted by Crippen LogP contribution is -2.33. The fourth-order valence-electron chi connectivity index (χ4n) is 3.26. The summed E-state index contributed by atoms with van der Waals surface area (Å²) in [6.45, 7) is 12.5. The Bertz CT molecular complexity index is 823. The molecular formula is C24H32N2O2. The van der Waals surface area contributed by atoms with Crippen LogP contribution in [0.3, 0.4) is 0 Å². The maximum atomic E-state index is 12.2. The predicted molar refractivity (Wildman–Crippen MR) is 116 cm³/mol. The molecule has 2 N–H and O–H groups in total. The van der Waals surface area contributed by atoms with Gasteiger partial charge in [-0.2, -0.15) is 0 Å². The first-order chi connectivity index (χ1) is 13.1. The molecule has 2 aromatic carbocycles.